The van der Waals surface area contributed by atoms with Gasteiger partial charge in [-0.1, -0.05) is 113 Å². The molecule has 5 unspecified atom stereocenters. The molecular weight excluding hydrogens is 843 g/mol. The molecule has 1 aliphatic heterocycles. The number of imide groups is 1. The number of carbonyl (C=O) groups excluding carboxylic acids is 5. The van der Waals surface area contributed by atoms with E-state index in [0.717, 1.165) is 16.7 Å². The lowest BCUT2D eigenvalue weighted by Gasteiger charge is -2.42. The van der Waals surface area contributed by atoms with Gasteiger partial charge in [0.2, 0.25) is 11.8 Å². The van der Waals surface area contributed by atoms with Crippen molar-refractivity contribution in [3.05, 3.63) is 102 Å². The number of nitrogens with one attached hydrogen (secondary N) is 4. The molecule has 0 saturated carbocycles. The number of morpholine rings is 1. The van der Waals surface area contributed by atoms with E-state index in [1.165, 1.54) is 4.90 Å². The first kappa shape index (κ1) is 52.4. The third-order valence-electron chi connectivity index (χ3n) is 11.9. The molecule has 0 bridgehead atoms. The van der Waals surface area contributed by atoms with E-state index >= 15 is 4.79 Å². The summed E-state index contributed by atoms with van der Waals surface area (Å²) in [5.74, 6) is -2.30. The van der Waals surface area contributed by atoms with Gasteiger partial charge in [0.05, 0.1) is 32.5 Å². The van der Waals surface area contributed by atoms with Crippen molar-refractivity contribution in [2.24, 2.45) is 11.8 Å². The molecule has 1 saturated heterocycles. The highest BCUT2D eigenvalue weighted by atomic mass is 28.4. The zero-order valence-corrected chi connectivity index (χ0v) is 41.3. The molecular formula is C50H73N5O9Si. The van der Waals surface area contributed by atoms with Gasteiger partial charge < -0.3 is 39.5 Å². The van der Waals surface area contributed by atoms with Gasteiger partial charge in [-0.2, -0.15) is 0 Å². The van der Waals surface area contributed by atoms with Gasteiger partial charge >= 0.3 is 12.1 Å². The van der Waals surface area contributed by atoms with Crippen molar-refractivity contribution in [2.45, 2.75) is 129 Å². The maximum Gasteiger partial charge on any atom is 0.407 e. The highest BCUT2D eigenvalue weighted by molar-refractivity contribution is 6.74. The standard InChI is InChI=1S/C50H73N5O9Si/c1-34(2)43(46(58)51-40(31-36-22-16-13-17-23-36)45(57)54-47(59)55-26-28-62-29-27-55)53-44(56)38(32-37-24-18-19-25-41(37)61-9)33-42(64-65(10,11)50(6,7)8)39(30-35-20-14-12-15-21-35)52-48(60)63-49(3,4)5/h12-25,34,38-40,42-43H,26-33H2,1-11H3,(H,51,58)(H,52,60)(H,53,56)(H,54,57,59). The van der Waals surface area contributed by atoms with Crippen LogP contribution in [0.4, 0.5) is 9.59 Å². The number of para-hydroxylation sites is 1. The molecule has 5 atom stereocenters. The Bertz CT molecular complexity index is 2010. The van der Waals surface area contributed by atoms with Crippen LogP contribution in [0.1, 0.15) is 78.5 Å². The molecule has 0 aromatic heterocycles. The number of alkyl carbamates (subject to hydrolysis) is 1. The van der Waals surface area contributed by atoms with Crippen LogP contribution in [0.3, 0.4) is 0 Å². The van der Waals surface area contributed by atoms with E-state index < -0.39 is 79.8 Å². The second-order valence-corrected chi connectivity index (χ2v) is 24.4. The number of benzene rings is 3. The van der Waals surface area contributed by atoms with Crippen LogP contribution in [0.15, 0.2) is 84.9 Å². The Balaban J connectivity index is 1.73. The zero-order chi connectivity index (χ0) is 48.0. The van der Waals surface area contributed by atoms with Gasteiger partial charge in [0, 0.05) is 25.4 Å². The van der Waals surface area contributed by atoms with Gasteiger partial charge in [0.1, 0.15) is 23.4 Å². The number of hydrogen-bond donors (Lipinski definition) is 4. The van der Waals surface area contributed by atoms with Crippen LogP contribution in [-0.2, 0) is 47.5 Å². The molecule has 0 aliphatic carbocycles. The largest absolute Gasteiger partial charge is 0.496 e. The molecule has 1 aliphatic rings. The summed E-state index contributed by atoms with van der Waals surface area (Å²) in [6.45, 7) is 21.1. The summed E-state index contributed by atoms with van der Waals surface area (Å²) in [5, 5.41) is 11.3. The minimum atomic E-state index is -2.59. The fourth-order valence-corrected chi connectivity index (χ4v) is 8.69. The first-order chi connectivity index (χ1) is 30.6. The molecule has 4 rings (SSSR count). The van der Waals surface area contributed by atoms with Crippen LogP contribution in [0, 0.1) is 11.8 Å². The molecule has 3 aromatic carbocycles. The summed E-state index contributed by atoms with van der Waals surface area (Å²) in [7, 11) is -1.02. The number of urea groups is 1. The Kier molecular flexibility index (Phi) is 19.2. The minimum absolute atomic E-state index is 0.101. The van der Waals surface area contributed by atoms with Gasteiger partial charge in [-0.3, -0.25) is 19.7 Å². The molecule has 356 valence electrons. The van der Waals surface area contributed by atoms with Crippen molar-refractivity contribution in [1.29, 1.82) is 0 Å². The molecule has 0 spiro atoms. The van der Waals surface area contributed by atoms with Crippen molar-refractivity contribution < 1.29 is 42.6 Å². The number of hydrogen-bond acceptors (Lipinski definition) is 9. The zero-order valence-electron chi connectivity index (χ0n) is 40.3. The molecule has 6 amide bonds. The monoisotopic (exact) mass is 916 g/mol. The number of methoxy groups -OCH3 is 1. The van der Waals surface area contributed by atoms with Crippen molar-refractivity contribution in [2.75, 3.05) is 33.4 Å². The lowest BCUT2D eigenvalue weighted by atomic mass is 9.88. The molecule has 1 heterocycles. The Hall–Kier alpha value is -5.25. The predicted molar refractivity (Wildman–Crippen MR) is 255 cm³/mol. The molecule has 0 radical (unpaired) electrons. The topological polar surface area (TPSA) is 174 Å². The average Bonchev–Trinajstić information content (AvgIpc) is 3.24. The molecule has 65 heavy (non-hydrogen) atoms. The number of ether oxygens (including phenoxy) is 3. The van der Waals surface area contributed by atoms with Crippen LogP contribution < -0.4 is 26.0 Å². The average molecular weight is 916 g/mol. The fourth-order valence-electron chi connectivity index (χ4n) is 7.32. The van der Waals surface area contributed by atoms with E-state index in [0.29, 0.717) is 38.5 Å². The van der Waals surface area contributed by atoms with E-state index in [9.17, 15) is 19.2 Å². The molecule has 14 nitrogen and oxygen atoms in total. The van der Waals surface area contributed by atoms with Gasteiger partial charge in [-0.05, 0) is 86.8 Å². The van der Waals surface area contributed by atoms with Gasteiger partial charge in [0.15, 0.2) is 8.32 Å². The summed E-state index contributed by atoms with van der Waals surface area (Å²) in [5.41, 5.74) is 1.73. The van der Waals surface area contributed by atoms with Gasteiger partial charge in [-0.15, -0.1) is 0 Å². The fraction of sp³-hybridized carbons (Fsp3) is 0.540. The summed E-state index contributed by atoms with van der Waals surface area (Å²) < 4.78 is 24.2. The Labute approximate surface area is 387 Å². The Morgan fingerprint density at radius 1 is 0.723 bits per heavy atom. The summed E-state index contributed by atoms with van der Waals surface area (Å²) >= 11 is 0. The second kappa shape index (κ2) is 23.8. The summed E-state index contributed by atoms with van der Waals surface area (Å²) in [6.07, 6.45) is -0.443. The minimum Gasteiger partial charge on any atom is -0.496 e. The lowest BCUT2D eigenvalue weighted by Crippen LogP contribution is -2.59. The maximum absolute atomic E-state index is 15.1. The van der Waals surface area contributed by atoms with E-state index in [1.54, 1.807) is 27.9 Å². The third kappa shape index (κ3) is 16.6. The van der Waals surface area contributed by atoms with Crippen molar-refractivity contribution in [3.8, 4) is 5.75 Å². The van der Waals surface area contributed by atoms with Crippen LogP contribution in [0.2, 0.25) is 18.1 Å². The van der Waals surface area contributed by atoms with Crippen LogP contribution in [0.25, 0.3) is 0 Å². The Morgan fingerprint density at radius 3 is 1.85 bits per heavy atom. The highest BCUT2D eigenvalue weighted by Crippen LogP contribution is 2.39. The number of carbonyl (C=O) groups is 5. The van der Waals surface area contributed by atoms with E-state index in [2.05, 4.69) is 55.1 Å². The highest BCUT2D eigenvalue weighted by Gasteiger charge is 2.43. The lowest BCUT2D eigenvalue weighted by molar-refractivity contribution is -0.134. The smallest absolute Gasteiger partial charge is 0.407 e. The predicted octanol–water partition coefficient (Wildman–Crippen LogP) is 7.21. The first-order valence-electron chi connectivity index (χ1n) is 22.7. The first-order valence-corrected chi connectivity index (χ1v) is 25.6. The van der Waals surface area contributed by atoms with Crippen LogP contribution >= 0.6 is 0 Å². The van der Waals surface area contributed by atoms with Gasteiger partial charge in [0.25, 0.3) is 5.91 Å². The van der Waals surface area contributed by atoms with E-state index in [-0.39, 0.29) is 24.3 Å². The quantitative estimate of drug-likeness (QED) is 0.0907. The molecule has 15 heteroatoms. The normalized spacial score (nSPS) is 15.7. The van der Waals surface area contributed by atoms with Crippen LogP contribution in [-0.4, -0.2) is 106 Å². The van der Waals surface area contributed by atoms with E-state index in [1.807, 2.05) is 98.8 Å². The molecule has 3 aromatic rings. The number of nitrogens with zero attached hydrogens (tertiary/aromatic N) is 1. The Morgan fingerprint density at radius 2 is 1.29 bits per heavy atom. The maximum atomic E-state index is 15.1. The number of amides is 6. The van der Waals surface area contributed by atoms with Crippen molar-refractivity contribution >= 4 is 38.2 Å². The summed E-state index contributed by atoms with van der Waals surface area (Å²) in [4.78, 5) is 71.6. The van der Waals surface area contributed by atoms with Crippen molar-refractivity contribution in [3.63, 3.8) is 0 Å². The van der Waals surface area contributed by atoms with Crippen LogP contribution in [0.5, 0.6) is 5.75 Å². The second-order valence-electron chi connectivity index (χ2n) is 19.7. The SMILES string of the molecule is COc1ccccc1CC(CC(O[Si](C)(C)C(C)(C)C)C(Cc1ccccc1)NC(=O)OC(C)(C)C)C(=O)NC(C(=O)NC(Cc1ccccc1)C(=O)NC(=O)N1CCOCC1)C(C)C. The van der Waals surface area contributed by atoms with Crippen molar-refractivity contribution in [1.82, 2.24) is 26.2 Å². The molecule has 4 N–H and O–H groups in total. The molecule has 1 fully saturated rings. The van der Waals surface area contributed by atoms with E-state index in [4.69, 9.17) is 18.6 Å². The number of rotatable bonds is 19. The third-order valence-corrected chi connectivity index (χ3v) is 16.4. The van der Waals surface area contributed by atoms with Gasteiger partial charge in [-0.25, -0.2) is 9.59 Å². The summed E-state index contributed by atoms with van der Waals surface area (Å²) in [6, 6.07) is 23.0.